The van der Waals surface area contributed by atoms with Gasteiger partial charge in [0.2, 0.25) is 0 Å². The van der Waals surface area contributed by atoms with Crippen molar-refractivity contribution in [2.24, 2.45) is 17.6 Å². The van der Waals surface area contributed by atoms with Crippen LogP contribution < -0.4 is 5.73 Å². The molecule has 0 aromatic heterocycles. The van der Waals surface area contributed by atoms with Gasteiger partial charge in [0.25, 0.3) is 0 Å². The number of rotatable bonds is 4. The highest BCUT2D eigenvalue weighted by Crippen LogP contribution is 2.38. The Morgan fingerprint density at radius 3 is 2.75 bits per heavy atom. The molecule has 1 rings (SSSR count). The van der Waals surface area contributed by atoms with Crippen LogP contribution in [-0.4, -0.2) is 9.97 Å². The highest BCUT2D eigenvalue weighted by Gasteiger charge is 2.37. The number of hydrogen-bond donors (Lipinski definition) is 1. The van der Waals surface area contributed by atoms with Crippen LogP contribution in [0.2, 0.25) is 0 Å². The van der Waals surface area contributed by atoms with Crippen LogP contribution in [0, 0.1) is 11.8 Å². The molecule has 0 bridgehead atoms. The summed E-state index contributed by atoms with van der Waals surface area (Å²) < 4.78 is 0.767. The summed E-state index contributed by atoms with van der Waals surface area (Å²) in [5, 5.41) is 0. The lowest BCUT2D eigenvalue weighted by atomic mass is 9.67. The molecule has 0 heterocycles. The number of hydrogen-bond acceptors (Lipinski definition) is 1. The lowest BCUT2D eigenvalue weighted by molar-refractivity contribution is 0.139. The van der Waals surface area contributed by atoms with Crippen molar-refractivity contribution in [1.82, 2.24) is 0 Å². The maximum absolute atomic E-state index is 6.05. The Morgan fingerprint density at radius 1 is 1.67 bits per heavy atom. The summed E-state index contributed by atoms with van der Waals surface area (Å²) in [7, 11) is 0. The van der Waals surface area contributed by atoms with Gasteiger partial charge in [0.05, 0.1) is 0 Å². The van der Waals surface area contributed by atoms with Gasteiger partial charge in [-0.1, -0.05) is 35.6 Å². The predicted octanol–water partition coefficient (Wildman–Crippen LogP) is 2.74. The molecule has 0 radical (unpaired) electrons. The Hall–Kier alpha value is 0.430. The average molecular weight is 279 g/mol. The van der Waals surface area contributed by atoms with E-state index >= 15 is 0 Å². The fraction of sp³-hybridized carbons (Fsp3) is 0.800. The van der Waals surface area contributed by atoms with Crippen LogP contribution in [0.3, 0.4) is 0 Å². The summed E-state index contributed by atoms with van der Waals surface area (Å²) in [5.74, 6) is 1.50. The number of halogens is 1. The summed E-state index contributed by atoms with van der Waals surface area (Å²) in [6.07, 6.45) is 5.71. The smallest absolute Gasteiger partial charge is 0.00991 e. The number of nitrogens with two attached hydrogens (primary N) is 1. The summed E-state index contributed by atoms with van der Waals surface area (Å²) in [6.45, 7) is 6.00. The van der Waals surface area contributed by atoms with E-state index < -0.39 is 0 Å². The number of alkyl halides is 1. The minimum absolute atomic E-state index is 0.445. The normalized spacial score (nSPS) is 37.1. The Labute approximate surface area is 88.9 Å². The van der Waals surface area contributed by atoms with Gasteiger partial charge in [0, 0.05) is 9.97 Å². The SMILES string of the molecule is C=CCC1CC(CC(C)I)C1N. The van der Waals surface area contributed by atoms with E-state index in [1.165, 1.54) is 12.8 Å². The summed E-state index contributed by atoms with van der Waals surface area (Å²) in [4.78, 5) is 0. The molecule has 0 aromatic rings. The molecule has 2 heteroatoms. The van der Waals surface area contributed by atoms with Crippen LogP contribution in [0.1, 0.15) is 26.2 Å². The molecule has 1 nitrogen and oxygen atoms in total. The van der Waals surface area contributed by atoms with E-state index in [2.05, 4.69) is 36.1 Å². The average Bonchev–Trinajstić information content (AvgIpc) is 2.02. The molecule has 1 saturated carbocycles. The molecule has 12 heavy (non-hydrogen) atoms. The number of allylic oxidation sites excluding steroid dienone is 1. The fourth-order valence-electron chi connectivity index (χ4n) is 2.03. The van der Waals surface area contributed by atoms with Crippen LogP contribution in [-0.2, 0) is 0 Å². The Kier molecular flexibility index (Phi) is 4.03. The van der Waals surface area contributed by atoms with E-state index in [1.807, 2.05) is 6.08 Å². The van der Waals surface area contributed by atoms with Gasteiger partial charge in [-0.2, -0.15) is 0 Å². The molecule has 70 valence electrons. The van der Waals surface area contributed by atoms with Gasteiger partial charge in [-0.15, -0.1) is 6.58 Å². The standard InChI is InChI=1S/C10H18IN/c1-3-4-8-6-9(10(8)12)5-7(2)11/h3,7-10H,1,4-6,12H2,2H3. The third kappa shape index (κ3) is 2.46. The van der Waals surface area contributed by atoms with E-state index in [-0.39, 0.29) is 0 Å². The first-order valence-electron chi connectivity index (χ1n) is 4.65. The second kappa shape index (κ2) is 4.61. The molecule has 0 amide bonds. The zero-order chi connectivity index (χ0) is 9.14. The second-order valence-electron chi connectivity index (χ2n) is 3.87. The predicted molar refractivity (Wildman–Crippen MR) is 62.5 cm³/mol. The van der Waals surface area contributed by atoms with Gasteiger partial charge in [-0.05, 0) is 31.1 Å². The van der Waals surface area contributed by atoms with Crippen molar-refractivity contribution in [3.63, 3.8) is 0 Å². The maximum atomic E-state index is 6.05. The summed E-state index contributed by atoms with van der Waals surface area (Å²) >= 11 is 2.48. The van der Waals surface area contributed by atoms with Crippen LogP contribution in [0.4, 0.5) is 0 Å². The summed E-state index contributed by atoms with van der Waals surface area (Å²) in [5.41, 5.74) is 6.05. The van der Waals surface area contributed by atoms with Gasteiger partial charge in [0.15, 0.2) is 0 Å². The van der Waals surface area contributed by atoms with E-state index in [4.69, 9.17) is 5.73 Å². The molecule has 4 atom stereocenters. The summed E-state index contributed by atoms with van der Waals surface area (Å²) in [6, 6.07) is 0.445. The van der Waals surface area contributed by atoms with Crippen molar-refractivity contribution in [1.29, 1.82) is 0 Å². The topological polar surface area (TPSA) is 26.0 Å². The van der Waals surface area contributed by atoms with Crippen molar-refractivity contribution in [3.05, 3.63) is 12.7 Å². The lowest BCUT2D eigenvalue weighted by Gasteiger charge is -2.43. The minimum Gasteiger partial charge on any atom is -0.327 e. The van der Waals surface area contributed by atoms with Gasteiger partial charge >= 0.3 is 0 Å². The molecule has 1 aliphatic carbocycles. The zero-order valence-corrected chi connectivity index (χ0v) is 9.83. The molecule has 1 fully saturated rings. The highest BCUT2D eigenvalue weighted by molar-refractivity contribution is 14.1. The highest BCUT2D eigenvalue weighted by atomic mass is 127. The van der Waals surface area contributed by atoms with E-state index in [1.54, 1.807) is 0 Å². The van der Waals surface area contributed by atoms with Gasteiger partial charge in [-0.3, -0.25) is 0 Å². The zero-order valence-electron chi connectivity index (χ0n) is 7.67. The Balaban J connectivity index is 2.23. The third-order valence-corrected chi connectivity index (χ3v) is 3.30. The van der Waals surface area contributed by atoms with E-state index in [0.29, 0.717) is 6.04 Å². The molecule has 2 N–H and O–H groups in total. The monoisotopic (exact) mass is 279 g/mol. The first-order valence-corrected chi connectivity index (χ1v) is 5.90. The molecule has 1 aliphatic rings. The molecule has 0 saturated heterocycles. The van der Waals surface area contributed by atoms with E-state index in [0.717, 1.165) is 22.2 Å². The van der Waals surface area contributed by atoms with Crippen LogP contribution >= 0.6 is 22.6 Å². The maximum Gasteiger partial charge on any atom is 0.00991 e. The molecule has 0 aliphatic heterocycles. The minimum atomic E-state index is 0.445. The molecule has 0 aromatic carbocycles. The Morgan fingerprint density at radius 2 is 2.33 bits per heavy atom. The van der Waals surface area contributed by atoms with Crippen molar-refractivity contribution in [2.75, 3.05) is 0 Å². The largest absolute Gasteiger partial charge is 0.327 e. The van der Waals surface area contributed by atoms with Crippen LogP contribution in [0.15, 0.2) is 12.7 Å². The van der Waals surface area contributed by atoms with E-state index in [9.17, 15) is 0 Å². The molecule has 4 unspecified atom stereocenters. The van der Waals surface area contributed by atoms with Crippen molar-refractivity contribution >= 4 is 22.6 Å². The third-order valence-electron chi connectivity index (χ3n) is 2.79. The first kappa shape index (κ1) is 10.5. The molecular weight excluding hydrogens is 261 g/mol. The second-order valence-corrected chi connectivity index (χ2v) is 6.00. The van der Waals surface area contributed by atoms with Crippen LogP contribution in [0.25, 0.3) is 0 Å². The first-order chi connectivity index (χ1) is 5.65. The quantitative estimate of drug-likeness (QED) is 0.478. The van der Waals surface area contributed by atoms with Gasteiger partial charge < -0.3 is 5.73 Å². The molecular formula is C10H18IN. The van der Waals surface area contributed by atoms with Crippen molar-refractivity contribution in [2.45, 2.75) is 36.2 Å². The fourth-order valence-corrected chi connectivity index (χ4v) is 2.68. The van der Waals surface area contributed by atoms with Crippen molar-refractivity contribution in [3.8, 4) is 0 Å². The Bertz CT molecular complexity index is 156. The van der Waals surface area contributed by atoms with Crippen molar-refractivity contribution < 1.29 is 0 Å². The van der Waals surface area contributed by atoms with Gasteiger partial charge in [0.1, 0.15) is 0 Å². The van der Waals surface area contributed by atoms with Crippen LogP contribution in [0.5, 0.6) is 0 Å². The van der Waals surface area contributed by atoms with Gasteiger partial charge in [-0.25, -0.2) is 0 Å². The lowest BCUT2D eigenvalue weighted by Crippen LogP contribution is -2.48. The molecule has 0 spiro atoms.